The van der Waals surface area contributed by atoms with Crippen LogP contribution >= 0.6 is 0 Å². The van der Waals surface area contributed by atoms with Gasteiger partial charge in [-0.2, -0.15) is 0 Å². The van der Waals surface area contributed by atoms with Crippen molar-refractivity contribution in [3.8, 4) is 0 Å². The van der Waals surface area contributed by atoms with Crippen LogP contribution < -0.4 is 5.73 Å². The molecule has 0 saturated carbocycles. The molecule has 0 aliphatic heterocycles. The van der Waals surface area contributed by atoms with Crippen molar-refractivity contribution in [2.75, 3.05) is 7.11 Å². The van der Waals surface area contributed by atoms with Crippen LogP contribution in [0.25, 0.3) is 11.0 Å². The summed E-state index contributed by atoms with van der Waals surface area (Å²) >= 11 is 0. The van der Waals surface area contributed by atoms with E-state index in [2.05, 4.69) is 9.72 Å². The molecule has 84 valence electrons. The number of carbonyl (C=O) groups excluding carboxylic acids is 1. The van der Waals surface area contributed by atoms with Gasteiger partial charge in [-0.1, -0.05) is 6.07 Å². The van der Waals surface area contributed by atoms with Gasteiger partial charge in [0.2, 0.25) is 5.82 Å². The molecule has 0 saturated heterocycles. The Hall–Kier alpha value is -1.88. The highest BCUT2D eigenvalue weighted by Gasteiger charge is 2.15. The Morgan fingerprint density at radius 3 is 2.94 bits per heavy atom. The van der Waals surface area contributed by atoms with Crippen molar-refractivity contribution >= 4 is 17.0 Å². The molecule has 0 bridgehead atoms. The summed E-state index contributed by atoms with van der Waals surface area (Å²) in [6.45, 7) is 0.467. The number of hydrogen-bond acceptors (Lipinski definition) is 4. The van der Waals surface area contributed by atoms with E-state index in [-0.39, 0.29) is 0 Å². The van der Waals surface area contributed by atoms with Crippen molar-refractivity contribution in [1.29, 1.82) is 0 Å². The Bertz CT molecular complexity index is 545. The van der Waals surface area contributed by atoms with Crippen LogP contribution in [0.2, 0.25) is 0 Å². The minimum atomic E-state index is -0.437. The molecule has 0 radical (unpaired) electrons. The number of nitrogens with two attached hydrogens (primary N) is 1. The summed E-state index contributed by atoms with van der Waals surface area (Å²) in [7, 11) is 3.12. The molecular weight excluding hydrogens is 206 g/mol. The number of rotatable bonds is 2. The zero-order chi connectivity index (χ0) is 11.7. The van der Waals surface area contributed by atoms with Crippen LogP contribution in [-0.4, -0.2) is 22.6 Å². The second-order valence-corrected chi connectivity index (χ2v) is 3.51. The quantitative estimate of drug-likeness (QED) is 0.759. The Balaban J connectivity index is 2.64. The number of carbonyl (C=O) groups is 1. The van der Waals surface area contributed by atoms with Crippen LogP contribution in [-0.2, 0) is 18.3 Å². The van der Waals surface area contributed by atoms with E-state index in [0.29, 0.717) is 12.4 Å². The molecule has 0 aliphatic carbocycles. The number of benzene rings is 1. The first-order valence-electron chi connectivity index (χ1n) is 4.91. The van der Waals surface area contributed by atoms with E-state index in [1.165, 1.54) is 7.11 Å². The van der Waals surface area contributed by atoms with Crippen LogP contribution in [0.5, 0.6) is 0 Å². The molecule has 0 aliphatic rings. The summed E-state index contributed by atoms with van der Waals surface area (Å²) in [5.41, 5.74) is 8.21. The SMILES string of the molecule is COC(=O)c1nc2ccc(CN)cc2n1C. The second-order valence-electron chi connectivity index (χ2n) is 3.51. The first kappa shape index (κ1) is 10.6. The summed E-state index contributed by atoms with van der Waals surface area (Å²) in [5, 5.41) is 0. The number of nitrogens with zero attached hydrogens (tertiary/aromatic N) is 2. The molecule has 0 atom stereocenters. The first-order valence-corrected chi connectivity index (χ1v) is 4.91. The zero-order valence-electron chi connectivity index (χ0n) is 9.23. The molecule has 0 unspecified atom stereocenters. The number of fused-ring (bicyclic) bond motifs is 1. The highest BCUT2D eigenvalue weighted by Crippen LogP contribution is 2.17. The fourth-order valence-corrected chi connectivity index (χ4v) is 1.64. The largest absolute Gasteiger partial charge is 0.463 e. The monoisotopic (exact) mass is 219 g/mol. The first-order chi connectivity index (χ1) is 7.67. The number of ether oxygens (including phenoxy) is 1. The van der Waals surface area contributed by atoms with Gasteiger partial charge in [0.05, 0.1) is 18.1 Å². The molecule has 2 aromatic rings. The number of aromatic nitrogens is 2. The Morgan fingerprint density at radius 2 is 2.31 bits per heavy atom. The average Bonchev–Trinajstić information content (AvgIpc) is 2.65. The van der Waals surface area contributed by atoms with Gasteiger partial charge in [-0.05, 0) is 17.7 Å². The van der Waals surface area contributed by atoms with Gasteiger partial charge in [-0.15, -0.1) is 0 Å². The Morgan fingerprint density at radius 1 is 1.56 bits per heavy atom. The van der Waals surface area contributed by atoms with E-state index in [1.807, 2.05) is 18.2 Å². The molecule has 0 amide bonds. The lowest BCUT2D eigenvalue weighted by atomic mass is 10.2. The molecule has 2 N–H and O–H groups in total. The van der Waals surface area contributed by atoms with E-state index in [4.69, 9.17) is 5.73 Å². The third-order valence-electron chi connectivity index (χ3n) is 2.55. The van der Waals surface area contributed by atoms with Crippen LogP contribution in [0.1, 0.15) is 16.2 Å². The summed E-state index contributed by atoms with van der Waals surface area (Å²) in [4.78, 5) is 15.6. The van der Waals surface area contributed by atoms with Crippen LogP contribution in [0, 0.1) is 0 Å². The van der Waals surface area contributed by atoms with Gasteiger partial charge < -0.3 is 15.0 Å². The van der Waals surface area contributed by atoms with E-state index in [0.717, 1.165) is 16.6 Å². The lowest BCUT2D eigenvalue weighted by Gasteiger charge is -2.00. The number of methoxy groups -OCH3 is 1. The fraction of sp³-hybridized carbons (Fsp3) is 0.273. The van der Waals surface area contributed by atoms with Gasteiger partial charge in [-0.25, -0.2) is 9.78 Å². The molecule has 2 rings (SSSR count). The molecule has 5 nitrogen and oxygen atoms in total. The summed E-state index contributed by atoms with van der Waals surface area (Å²) < 4.78 is 6.36. The smallest absolute Gasteiger partial charge is 0.374 e. The fourth-order valence-electron chi connectivity index (χ4n) is 1.64. The van der Waals surface area contributed by atoms with Gasteiger partial charge in [-0.3, -0.25) is 0 Å². The maximum Gasteiger partial charge on any atom is 0.374 e. The van der Waals surface area contributed by atoms with Gasteiger partial charge in [0.15, 0.2) is 0 Å². The highest BCUT2D eigenvalue weighted by atomic mass is 16.5. The van der Waals surface area contributed by atoms with Crippen LogP contribution in [0.3, 0.4) is 0 Å². The number of aryl methyl sites for hydroxylation is 1. The Labute approximate surface area is 92.8 Å². The third-order valence-corrected chi connectivity index (χ3v) is 2.55. The maximum atomic E-state index is 11.4. The minimum Gasteiger partial charge on any atom is -0.463 e. The van der Waals surface area contributed by atoms with Crippen molar-refractivity contribution in [2.24, 2.45) is 12.8 Å². The predicted molar refractivity (Wildman–Crippen MR) is 59.9 cm³/mol. The normalized spacial score (nSPS) is 10.7. The molecule has 1 heterocycles. The van der Waals surface area contributed by atoms with Crippen LogP contribution in [0.4, 0.5) is 0 Å². The summed E-state index contributed by atoms with van der Waals surface area (Å²) in [5.74, 6) is -0.139. The van der Waals surface area contributed by atoms with E-state index >= 15 is 0 Å². The molecule has 1 aromatic carbocycles. The molecule has 16 heavy (non-hydrogen) atoms. The Kier molecular flexibility index (Phi) is 2.62. The number of esters is 1. The van der Waals surface area contributed by atoms with Gasteiger partial charge >= 0.3 is 5.97 Å². The number of hydrogen-bond donors (Lipinski definition) is 1. The third kappa shape index (κ3) is 1.55. The van der Waals surface area contributed by atoms with E-state index in [9.17, 15) is 4.79 Å². The maximum absolute atomic E-state index is 11.4. The molecule has 1 aromatic heterocycles. The average molecular weight is 219 g/mol. The van der Waals surface area contributed by atoms with Crippen molar-refractivity contribution in [2.45, 2.75) is 6.54 Å². The van der Waals surface area contributed by atoms with Gasteiger partial charge in [0.1, 0.15) is 0 Å². The molecule has 5 heteroatoms. The highest BCUT2D eigenvalue weighted by molar-refractivity contribution is 5.91. The molecule has 0 fully saturated rings. The van der Waals surface area contributed by atoms with E-state index in [1.54, 1.807) is 11.6 Å². The lowest BCUT2D eigenvalue weighted by molar-refractivity contribution is 0.0583. The second kappa shape index (κ2) is 3.94. The van der Waals surface area contributed by atoms with Gasteiger partial charge in [0, 0.05) is 13.6 Å². The van der Waals surface area contributed by atoms with Crippen molar-refractivity contribution in [3.05, 3.63) is 29.6 Å². The topological polar surface area (TPSA) is 70.1 Å². The number of imidazole rings is 1. The standard InChI is InChI=1S/C11H13N3O2/c1-14-9-5-7(6-12)3-4-8(9)13-10(14)11(15)16-2/h3-5H,6,12H2,1-2H3. The van der Waals surface area contributed by atoms with Crippen molar-refractivity contribution < 1.29 is 9.53 Å². The molecular formula is C11H13N3O2. The lowest BCUT2D eigenvalue weighted by Crippen LogP contribution is -2.08. The zero-order valence-corrected chi connectivity index (χ0v) is 9.23. The van der Waals surface area contributed by atoms with Crippen LogP contribution in [0.15, 0.2) is 18.2 Å². The molecule has 0 spiro atoms. The predicted octanol–water partition coefficient (Wildman–Crippen LogP) is 0.819. The minimum absolute atomic E-state index is 0.298. The van der Waals surface area contributed by atoms with Crippen molar-refractivity contribution in [3.63, 3.8) is 0 Å². The van der Waals surface area contributed by atoms with Gasteiger partial charge in [0.25, 0.3) is 0 Å². The summed E-state index contributed by atoms with van der Waals surface area (Å²) in [6.07, 6.45) is 0. The van der Waals surface area contributed by atoms with Crippen molar-refractivity contribution in [1.82, 2.24) is 9.55 Å². The van der Waals surface area contributed by atoms with E-state index < -0.39 is 5.97 Å². The summed E-state index contributed by atoms with van der Waals surface area (Å²) in [6, 6.07) is 5.68.